The molecule has 2 fully saturated rings. The number of para-hydroxylation sites is 1. The van der Waals surface area contributed by atoms with Gasteiger partial charge in [-0.15, -0.1) is 0 Å². The summed E-state index contributed by atoms with van der Waals surface area (Å²) in [4.78, 5) is 53.4. The van der Waals surface area contributed by atoms with E-state index in [9.17, 15) is 19.5 Å². The number of likely N-dealkylation sites (N-methyl/N-ethyl adjacent to an activating group) is 1. The summed E-state index contributed by atoms with van der Waals surface area (Å²) < 4.78 is 0. The van der Waals surface area contributed by atoms with E-state index in [2.05, 4.69) is 15.3 Å². The molecule has 0 aliphatic carbocycles. The number of phenols is 1. The normalized spacial score (nSPS) is 19.2. The second-order valence-electron chi connectivity index (χ2n) is 10.5. The van der Waals surface area contributed by atoms with Crippen LogP contribution in [-0.4, -0.2) is 85.1 Å². The Bertz CT molecular complexity index is 1610. The maximum Gasteiger partial charge on any atom is 0.334 e. The first-order valence-electron chi connectivity index (χ1n) is 13.8. The van der Waals surface area contributed by atoms with Gasteiger partial charge in [0, 0.05) is 39.0 Å². The average Bonchev–Trinajstić information content (AvgIpc) is 2.99. The van der Waals surface area contributed by atoms with Gasteiger partial charge in [-0.2, -0.15) is 0 Å². The van der Waals surface area contributed by atoms with Gasteiger partial charge in [-0.1, -0.05) is 54.6 Å². The standard InChI is InChI=1S/C31H31N7O4/c1-35-20-28(40)37-26(16-21-10-12-24(39)13-11-21)30(41)36(18-23-8-5-9-25-29(23)33-15-14-32-25)19-27(37)38(35)31(42)34-17-22-6-3-2-4-7-22/h2-15,26-27,39H,16-20H2,1H3,(H,34,42)/t26?,27-/m0/s1. The van der Waals surface area contributed by atoms with Gasteiger partial charge in [-0.05, 0) is 34.9 Å². The number of rotatable bonds is 6. The van der Waals surface area contributed by atoms with Crippen LogP contribution in [0.15, 0.2) is 85.2 Å². The van der Waals surface area contributed by atoms with E-state index in [1.807, 2.05) is 48.5 Å². The third-order valence-electron chi connectivity index (χ3n) is 7.74. The fourth-order valence-corrected chi connectivity index (χ4v) is 5.74. The number of urea groups is 1. The lowest BCUT2D eigenvalue weighted by atomic mass is 9.98. The van der Waals surface area contributed by atoms with E-state index in [0.717, 1.165) is 22.2 Å². The Balaban J connectivity index is 1.34. The second-order valence-corrected chi connectivity index (χ2v) is 10.5. The zero-order chi connectivity index (χ0) is 29.2. The summed E-state index contributed by atoms with van der Waals surface area (Å²) in [7, 11) is 1.70. The monoisotopic (exact) mass is 565 g/mol. The number of fused-ring (bicyclic) bond motifs is 2. The zero-order valence-electron chi connectivity index (χ0n) is 23.1. The number of nitrogens with zero attached hydrogens (tertiary/aromatic N) is 6. The van der Waals surface area contributed by atoms with Gasteiger partial charge in [0.05, 0.1) is 24.1 Å². The maximum absolute atomic E-state index is 14.1. The van der Waals surface area contributed by atoms with Crippen molar-refractivity contribution in [3.63, 3.8) is 0 Å². The summed E-state index contributed by atoms with van der Waals surface area (Å²) in [6, 6.07) is 20.6. The molecule has 2 N–H and O–H groups in total. The summed E-state index contributed by atoms with van der Waals surface area (Å²) in [5.74, 6) is -0.340. The predicted octanol–water partition coefficient (Wildman–Crippen LogP) is 2.52. The number of carbonyl (C=O) groups excluding carboxylic acids is 3. The quantitative estimate of drug-likeness (QED) is 0.368. The number of hydrazine groups is 1. The number of carbonyl (C=O) groups is 3. The Labute approximate surface area is 243 Å². The number of phenolic OH excluding ortho intramolecular Hbond substituents is 1. The predicted molar refractivity (Wildman–Crippen MR) is 154 cm³/mol. The van der Waals surface area contributed by atoms with Crippen molar-refractivity contribution < 1.29 is 19.5 Å². The van der Waals surface area contributed by atoms with E-state index >= 15 is 0 Å². The lowest BCUT2D eigenvalue weighted by Gasteiger charge is -2.54. The van der Waals surface area contributed by atoms with Gasteiger partial charge in [-0.3, -0.25) is 19.6 Å². The molecule has 0 radical (unpaired) electrons. The van der Waals surface area contributed by atoms with Crippen molar-refractivity contribution in [3.05, 3.63) is 102 Å². The molecule has 3 heterocycles. The molecule has 1 aromatic heterocycles. The molecule has 214 valence electrons. The number of hydrogen-bond acceptors (Lipinski definition) is 7. The molecule has 11 heteroatoms. The van der Waals surface area contributed by atoms with Crippen molar-refractivity contribution in [2.24, 2.45) is 0 Å². The Kier molecular flexibility index (Phi) is 7.41. The summed E-state index contributed by atoms with van der Waals surface area (Å²) in [6.45, 7) is 0.630. The third-order valence-corrected chi connectivity index (χ3v) is 7.74. The molecule has 2 saturated heterocycles. The first kappa shape index (κ1) is 27.2. The van der Waals surface area contributed by atoms with Crippen molar-refractivity contribution in [1.82, 2.24) is 35.1 Å². The number of piperazine rings is 1. The van der Waals surface area contributed by atoms with E-state index in [0.29, 0.717) is 12.1 Å². The Morgan fingerprint density at radius 2 is 1.71 bits per heavy atom. The van der Waals surface area contributed by atoms with Crippen molar-refractivity contribution in [2.45, 2.75) is 31.7 Å². The van der Waals surface area contributed by atoms with E-state index in [1.54, 1.807) is 58.5 Å². The molecule has 2 aliphatic heterocycles. The molecular weight excluding hydrogens is 534 g/mol. The number of hydrogen-bond donors (Lipinski definition) is 2. The van der Waals surface area contributed by atoms with Gasteiger partial charge in [0.2, 0.25) is 11.8 Å². The number of amides is 4. The molecule has 2 atom stereocenters. The molecule has 3 aromatic carbocycles. The number of aromatic nitrogens is 2. The highest BCUT2D eigenvalue weighted by Gasteiger charge is 2.50. The summed E-state index contributed by atoms with van der Waals surface area (Å²) in [5, 5.41) is 15.9. The number of aromatic hydroxyl groups is 1. The van der Waals surface area contributed by atoms with Crippen LogP contribution in [-0.2, 0) is 29.1 Å². The third kappa shape index (κ3) is 5.34. The van der Waals surface area contributed by atoms with Gasteiger partial charge in [0.25, 0.3) is 0 Å². The lowest BCUT2D eigenvalue weighted by Crippen LogP contribution is -2.76. The fraction of sp³-hybridized carbons (Fsp3) is 0.258. The van der Waals surface area contributed by atoms with Crippen LogP contribution in [0.3, 0.4) is 0 Å². The number of nitrogens with one attached hydrogen (secondary N) is 1. The SMILES string of the molecule is CN1CC(=O)N2C(Cc3ccc(O)cc3)C(=O)N(Cc3cccc4nccnc34)C[C@@H]2N1C(=O)NCc1ccccc1. The van der Waals surface area contributed by atoms with Gasteiger partial charge < -0.3 is 20.2 Å². The van der Waals surface area contributed by atoms with Crippen LogP contribution in [0.4, 0.5) is 4.79 Å². The van der Waals surface area contributed by atoms with E-state index in [1.165, 1.54) is 5.01 Å². The summed E-state index contributed by atoms with van der Waals surface area (Å²) in [5.41, 5.74) is 3.97. The van der Waals surface area contributed by atoms with Crippen LogP contribution in [0.5, 0.6) is 5.75 Å². The molecule has 0 bridgehead atoms. The van der Waals surface area contributed by atoms with E-state index in [4.69, 9.17) is 0 Å². The summed E-state index contributed by atoms with van der Waals surface area (Å²) in [6.07, 6.45) is 2.75. The highest BCUT2D eigenvalue weighted by atomic mass is 16.3. The minimum atomic E-state index is -0.847. The van der Waals surface area contributed by atoms with Crippen molar-refractivity contribution in [3.8, 4) is 5.75 Å². The topological polar surface area (TPSA) is 122 Å². The minimum absolute atomic E-state index is 0.0481. The average molecular weight is 566 g/mol. The first-order chi connectivity index (χ1) is 20.4. The zero-order valence-corrected chi connectivity index (χ0v) is 23.1. The first-order valence-corrected chi connectivity index (χ1v) is 13.8. The van der Waals surface area contributed by atoms with Crippen molar-refractivity contribution in [2.75, 3.05) is 20.1 Å². The van der Waals surface area contributed by atoms with Crippen LogP contribution >= 0.6 is 0 Å². The number of benzene rings is 3. The van der Waals surface area contributed by atoms with Crippen LogP contribution in [0.25, 0.3) is 11.0 Å². The van der Waals surface area contributed by atoms with Crippen LogP contribution in [0.2, 0.25) is 0 Å². The molecule has 1 unspecified atom stereocenters. The minimum Gasteiger partial charge on any atom is -0.508 e. The maximum atomic E-state index is 14.1. The molecule has 42 heavy (non-hydrogen) atoms. The Morgan fingerprint density at radius 3 is 2.50 bits per heavy atom. The molecule has 0 saturated carbocycles. The van der Waals surface area contributed by atoms with E-state index < -0.39 is 12.2 Å². The highest BCUT2D eigenvalue weighted by molar-refractivity contribution is 5.92. The van der Waals surface area contributed by atoms with Crippen molar-refractivity contribution in [1.29, 1.82) is 0 Å². The molecule has 0 spiro atoms. The second kappa shape index (κ2) is 11.5. The van der Waals surface area contributed by atoms with Gasteiger partial charge in [0.15, 0.2) is 0 Å². The molecular formula is C31H31N7O4. The van der Waals surface area contributed by atoms with Crippen LogP contribution < -0.4 is 5.32 Å². The van der Waals surface area contributed by atoms with Crippen LogP contribution in [0.1, 0.15) is 16.7 Å². The molecule has 4 amide bonds. The molecule has 11 nitrogen and oxygen atoms in total. The van der Waals surface area contributed by atoms with Crippen LogP contribution in [0, 0.1) is 0 Å². The molecule has 4 aromatic rings. The van der Waals surface area contributed by atoms with Gasteiger partial charge in [0.1, 0.15) is 18.0 Å². The largest absolute Gasteiger partial charge is 0.508 e. The Morgan fingerprint density at radius 1 is 0.952 bits per heavy atom. The molecule has 6 rings (SSSR count). The smallest absolute Gasteiger partial charge is 0.334 e. The van der Waals surface area contributed by atoms with Crippen molar-refractivity contribution >= 4 is 28.9 Å². The highest BCUT2D eigenvalue weighted by Crippen LogP contribution is 2.29. The summed E-state index contributed by atoms with van der Waals surface area (Å²) >= 11 is 0. The Hall–Kier alpha value is -5.03. The van der Waals surface area contributed by atoms with E-state index in [-0.39, 0.29) is 49.7 Å². The lowest BCUT2D eigenvalue weighted by molar-refractivity contribution is -0.187. The fourth-order valence-electron chi connectivity index (χ4n) is 5.74. The molecule has 2 aliphatic rings. The van der Waals surface area contributed by atoms with Gasteiger partial charge in [-0.25, -0.2) is 14.8 Å². The van der Waals surface area contributed by atoms with Gasteiger partial charge >= 0.3 is 6.03 Å².